The minimum atomic E-state index is -0.490. The Morgan fingerprint density at radius 3 is 2.87 bits per heavy atom. The molecule has 0 aromatic carbocycles. The smallest absolute Gasteiger partial charge is 0.254 e. The molecule has 0 unspecified atom stereocenters. The number of carbonyl (C=O) groups excluding carboxylic acids is 1. The molecule has 0 spiro atoms. The summed E-state index contributed by atoms with van der Waals surface area (Å²) in [6.07, 6.45) is 1.62. The van der Waals surface area contributed by atoms with Gasteiger partial charge in [0.05, 0.1) is 0 Å². The normalized spacial score (nSPS) is 11.1. The summed E-state index contributed by atoms with van der Waals surface area (Å²) in [5, 5.41) is 0. The maximum atomic E-state index is 11.3. The highest BCUT2D eigenvalue weighted by Crippen LogP contribution is 2.28. The van der Waals surface area contributed by atoms with Gasteiger partial charge in [-0.05, 0) is 12.1 Å². The van der Waals surface area contributed by atoms with E-state index in [2.05, 4.69) is 4.98 Å². The van der Waals surface area contributed by atoms with Crippen molar-refractivity contribution in [3.8, 4) is 0 Å². The minimum absolute atomic E-state index is 0.113. The van der Waals surface area contributed by atoms with E-state index in [0.717, 1.165) is 0 Å². The first-order chi connectivity index (χ1) is 7.11. The van der Waals surface area contributed by atoms with Crippen molar-refractivity contribution < 1.29 is 9.21 Å². The summed E-state index contributed by atoms with van der Waals surface area (Å²) in [6.45, 7) is 3.90. The van der Waals surface area contributed by atoms with E-state index in [1.54, 1.807) is 18.3 Å². The van der Waals surface area contributed by atoms with E-state index >= 15 is 0 Å². The fourth-order valence-corrected chi connectivity index (χ4v) is 1.59. The Kier molecular flexibility index (Phi) is 2.19. The van der Waals surface area contributed by atoms with Crippen LogP contribution in [0.3, 0.4) is 0 Å². The molecule has 15 heavy (non-hydrogen) atoms. The molecule has 0 aliphatic heterocycles. The molecule has 2 rings (SSSR count). The molecule has 2 aromatic heterocycles. The Labute approximate surface area is 87.1 Å². The average Bonchev–Trinajstić information content (AvgIpc) is 2.56. The van der Waals surface area contributed by atoms with Crippen molar-refractivity contribution in [1.29, 1.82) is 0 Å². The van der Waals surface area contributed by atoms with Crippen LogP contribution in [0.4, 0.5) is 0 Å². The second-order valence-electron chi connectivity index (χ2n) is 3.71. The number of carbonyl (C=O) groups is 1. The van der Waals surface area contributed by atoms with Crippen LogP contribution in [0.25, 0.3) is 11.1 Å². The predicted octanol–water partition coefficient (Wildman–Crippen LogP) is 2.05. The number of nitrogens with zero attached hydrogens (tertiary/aromatic N) is 1. The number of hydrogen-bond donors (Lipinski definition) is 1. The minimum Gasteiger partial charge on any atom is -0.458 e. The van der Waals surface area contributed by atoms with Crippen molar-refractivity contribution in [2.45, 2.75) is 19.8 Å². The van der Waals surface area contributed by atoms with Crippen LogP contribution >= 0.6 is 0 Å². The van der Waals surface area contributed by atoms with Crippen LogP contribution in [-0.4, -0.2) is 10.9 Å². The quantitative estimate of drug-likeness (QED) is 0.813. The second-order valence-corrected chi connectivity index (χ2v) is 3.71. The third-order valence-corrected chi connectivity index (χ3v) is 2.24. The topological polar surface area (TPSA) is 69.1 Å². The van der Waals surface area contributed by atoms with Gasteiger partial charge in [0.1, 0.15) is 16.8 Å². The standard InChI is InChI=1S/C11H12N2O2/c1-6(2)10-8(11(12)14)9-7(15-10)4-3-5-13-9/h3-6H,1-2H3,(H2,12,14). The van der Waals surface area contributed by atoms with E-state index in [4.69, 9.17) is 10.2 Å². The van der Waals surface area contributed by atoms with Gasteiger partial charge in [-0.25, -0.2) is 0 Å². The van der Waals surface area contributed by atoms with Crippen molar-refractivity contribution in [2.24, 2.45) is 5.73 Å². The zero-order valence-electron chi connectivity index (χ0n) is 8.65. The van der Waals surface area contributed by atoms with E-state index in [1.165, 1.54) is 0 Å². The fraction of sp³-hybridized carbons (Fsp3) is 0.273. The summed E-state index contributed by atoms with van der Waals surface area (Å²) in [5.74, 6) is 0.231. The zero-order chi connectivity index (χ0) is 11.0. The third-order valence-electron chi connectivity index (χ3n) is 2.24. The number of furan rings is 1. The van der Waals surface area contributed by atoms with Crippen LogP contribution in [0, 0.1) is 0 Å². The lowest BCUT2D eigenvalue weighted by Crippen LogP contribution is -2.13. The number of primary amides is 1. The van der Waals surface area contributed by atoms with Crippen molar-refractivity contribution in [2.75, 3.05) is 0 Å². The number of pyridine rings is 1. The van der Waals surface area contributed by atoms with Gasteiger partial charge in [-0.3, -0.25) is 9.78 Å². The molecule has 0 radical (unpaired) electrons. The second kappa shape index (κ2) is 3.38. The number of nitrogens with two attached hydrogens (primary N) is 1. The van der Waals surface area contributed by atoms with E-state index < -0.39 is 5.91 Å². The maximum absolute atomic E-state index is 11.3. The van der Waals surface area contributed by atoms with E-state index in [0.29, 0.717) is 22.4 Å². The van der Waals surface area contributed by atoms with Gasteiger partial charge in [0.25, 0.3) is 5.91 Å². The highest BCUT2D eigenvalue weighted by atomic mass is 16.3. The molecule has 0 atom stereocenters. The molecule has 78 valence electrons. The molecule has 4 heteroatoms. The summed E-state index contributed by atoms with van der Waals surface area (Å²) in [5.41, 5.74) is 6.88. The molecule has 0 aliphatic rings. The molecule has 2 aromatic rings. The van der Waals surface area contributed by atoms with Gasteiger partial charge in [-0.1, -0.05) is 13.8 Å². The van der Waals surface area contributed by atoms with E-state index in [1.807, 2.05) is 13.8 Å². The van der Waals surface area contributed by atoms with Crippen molar-refractivity contribution in [1.82, 2.24) is 4.98 Å². The monoisotopic (exact) mass is 204 g/mol. The Hall–Kier alpha value is -1.84. The van der Waals surface area contributed by atoms with Gasteiger partial charge < -0.3 is 10.2 Å². The molecule has 0 saturated heterocycles. The van der Waals surface area contributed by atoms with Crippen molar-refractivity contribution in [3.63, 3.8) is 0 Å². The molecule has 0 fully saturated rings. The van der Waals surface area contributed by atoms with E-state index in [9.17, 15) is 4.79 Å². The molecule has 2 heterocycles. The van der Waals surface area contributed by atoms with Gasteiger partial charge >= 0.3 is 0 Å². The number of amides is 1. The summed E-state index contributed by atoms with van der Waals surface area (Å²) < 4.78 is 5.56. The molecule has 0 aliphatic carbocycles. The van der Waals surface area contributed by atoms with E-state index in [-0.39, 0.29) is 5.92 Å². The Morgan fingerprint density at radius 2 is 2.27 bits per heavy atom. The number of aromatic nitrogens is 1. The number of hydrogen-bond acceptors (Lipinski definition) is 3. The molecule has 0 saturated carbocycles. The first kappa shape index (κ1) is 9.71. The SMILES string of the molecule is CC(C)c1oc2cccnc2c1C(N)=O. The molecular weight excluding hydrogens is 192 g/mol. The number of fused-ring (bicyclic) bond motifs is 1. The van der Waals surface area contributed by atoms with Crippen LogP contribution < -0.4 is 5.73 Å². The van der Waals surface area contributed by atoms with Gasteiger partial charge in [-0.15, -0.1) is 0 Å². The molecule has 1 amide bonds. The fourth-order valence-electron chi connectivity index (χ4n) is 1.59. The van der Waals surface area contributed by atoms with Gasteiger partial charge in [0, 0.05) is 12.1 Å². The number of rotatable bonds is 2. The van der Waals surface area contributed by atoms with Crippen LogP contribution in [0.1, 0.15) is 35.9 Å². The van der Waals surface area contributed by atoms with Gasteiger partial charge in [0.2, 0.25) is 0 Å². The van der Waals surface area contributed by atoms with Crippen molar-refractivity contribution in [3.05, 3.63) is 29.7 Å². The highest BCUT2D eigenvalue weighted by molar-refractivity contribution is 6.05. The third kappa shape index (κ3) is 1.48. The Morgan fingerprint density at radius 1 is 1.53 bits per heavy atom. The predicted molar refractivity (Wildman–Crippen MR) is 56.6 cm³/mol. The summed E-state index contributed by atoms with van der Waals surface area (Å²) >= 11 is 0. The van der Waals surface area contributed by atoms with Crippen LogP contribution in [0.2, 0.25) is 0 Å². The summed E-state index contributed by atoms with van der Waals surface area (Å²) in [6, 6.07) is 3.54. The lowest BCUT2D eigenvalue weighted by Gasteiger charge is -2.01. The summed E-state index contributed by atoms with van der Waals surface area (Å²) in [7, 11) is 0. The average molecular weight is 204 g/mol. The largest absolute Gasteiger partial charge is 0.458 e. The lowest BCUT2D eigenvalue weighted by atomic mass is 10.1. The Bertz CT molecular complexity index is 514. The van der Waals surface area contributed by atoms with Crippen LogP contribution in [0.15, 0.2) is 22.7 Å². The molecule has 2 N–H and O–H groups in total. The van der Waals surface area contributed by atoms with Gasteiger partial charge in [0.15, 0.2) is 5.58 Å². The lowest BCUT2D eigenvalue weighted by molar-refractivity contribution is 0.0999. The zero-order valence-corrected chi connectivity index (χ0v) is 8.65. The summed E-state index contributed by atoms with van der Waals surface area (Å²) in [4.78, 5) is 15.4. The van der Waals surface area contributed by atoms with Crippen LogP contribution in [-0.2, 0) is 0 Å². The maximum Gasteiger partial charge on any atom is 0.254 e. The van der Waals surface area contributed by atoms with Crippen LogP contribution in [0.5, 0.6) is 0 Å². The van der Waals surface area contributed by atoms with Gasteiger partial charge in [-0.2, -0.15) is 0 Å². The first-order valence-corrected chi connectivity index (χ1v) is 4.78. The highest BCUT2D eigenvalue weighted by Gasteiger charge is 2.21. The molecule has 0 bridgehead atoms. The van der Waals surface area contributed by atoms with Crippen molar-refractivity contribution >= 4 is 17.0 Å². The first-order valence-electron chi connectivity index (χ1n) is 4.78. The molecule has 4 nitrogen and oxygen atoms in total. The molecular formula is C11H12N2O2. The Balaban J connectivity index is 2.80.